The van der Waals surface area contributed by atoms with Crippen LogP contribution in [0.2, 0.25) is 0 Å². The molecule has 0 aliphatic carbocycles. The quantitative estimate of drug-likeness (QED) is 0.745. The Balaban J connectivity index is 1.87. The van der Waals surface area contributed by atoms with Gasteiger partial charge in [-0.05, 0) is 19.8 Å². The van der Waals surface area contributed by atoms with E-state index in [9.17, 15) is 5.11 Å². The maximum Gasteiger partial charge on any atom is 0.258 e. The molecule has 0 saturated carbocycles. The number of piperidine rings is 1. The van der Waals surface area contributed by atoms with Gasteiger partial charge in [0.2, 0.25) is 11.9 Å². The molecular weight excluding hydrogens is 260 g/mol. The average Bonchev–Trinajstić information content (AvgIpc) is 2.91. The molecule has 0 spiro atoms. The number of rotatable bonds is 2. The van der Waals surface area contributed by atoms with E-state index in [1.807, 2.05) is 11.8 Å². The third-order valence-electron chi connectivity index (χ3n) is 3.38. The van der Waals surface area contributed by atoms with Crippen molar-refractivity contribution in [1.82, 2.24) is 29.7 Å². The second-order valence-electron chi connectivity index (χ2n) is 5.12. The van der Waals surface area contributed by atoms with E-state index in [-0.39, 0.29) is 5.95 Å². The van der Waals surface area contributed by atoms with Gasteiger partial charge in [0.25, 0.3) is 5.95 Å². The smallest absolute Gasteiger partial charge is 0.258 e. The van der Waals surface area contributed by atoms with Crippen molar-refractivity contribution in [3.05, 3.63) is 12.7 Å². The Morgan fingerprint density at radius 2 is 1.90 bits per heavy atom. The summed E-state index contributed by atoms with van der Waals surface area (Å²) < 4.78 is 1.43. The van der Waals surface area contributed by atoms with Crippen molar-refractivity contribution in [2.75, 3.05) is 23.7 Å². The van der Waals surface area contributed by atoms with Crippen molar-refractivity contribution in [3.63, 3.8) is 0 Å². The first kappa shape index (κ1) is 12.7. The van der Waals surface area contributed by atoms with E-state index in [1.54, 1.807) is 0 Å². The van der Waals surface area contributed by atoms with Gasteiger partial charge >= 0.3 is 0 Å². The second-order valence-corrected chi connectivity index (χ2v) is 5.12. The Morgan fingerprint density at radius 1 is 1.20 bits per heavy atom. The van der Waals surface area contributed by atoms with E-state index in [4.69, 9.17) is 5.73 Å². The van der Waals surface area contributed by atoms with Gasteiger partial charge < -0.3 is 15.7 Å². The monoisotopic (exact) mass is 276 g/mol. The molecule has 0 radical (unpaired) electrons. The van der Waals surface area contributed by atoms with E-state index < -0.39 is 5.60 Å². The molecule has 1 saturated heterocycles. The Hall–Kier alpha value is -2.29. The van der Waals surface area contributed by atoms with Gasteiger partial charge in [0.05, 0.1) is 5.60 Å². The van der Waals surface area contributed by atoms with Gasteiger partial charge in [0.1, 0.15) is 12.7 Å². The molecule has 0 unspecified atom stereocenters. The van der Waals surface area contributed by atoms with E-state index >= 15 is 0 Å². The molecule has 1 fully saturated rings. The molecule has 2 aromatic rings. The highest BCUT2D eigenvalue weighted by atomic mass is 16.3. The number of nitrogen functional groups attached to an aromatic ring is 1. The molecule has 106 valence electrons. The van der Waals surface area contributed by atoms with Crippen molar-refractivity contribution in [1.29, 1.82) is 0 Å². The van der Waals surface area contributed by atoms with Gasteiger partial charge in [0, 0.05) is 13.1 Å². The molecule has 9 nitrogen and oxygen atoms in total. The summed E-state index contributed by atoms with van der Waals surface area (Å²) in [6.07, 6.45) is 4.23. The Bertz CT molecular complexity index is 586. The van der Waals surface area contributed by atoms with Crippen LogP contribution in [-0.4, -0.2) is 53.5 Å². The molecule has 1 aliphatic heterocycles. The Kier molecular flexibility index (Phi) is 2.97. The molecule has 3 N–H and O–H groups in total. The first-order valence-corrected chi connectivity index (χ1v) is 6.37. The first-order chi connectivity index (χ1) is 9.53. The summed E-state index contributed by atoms with van der Waals surface area (Å²) in [6.45, 7) is 3.19. The predicted molar refractivity (Wildman–Crippen MR) is 71.2 cm³/mol. The van der Waals surface area contributed by atoms with Gasteiger partial charge in [-0.1, -0.05) is 0 Å². The van der Waals surface area contributed by atoms with E-state index in [0.29, 0.717) is 37.8 Å². The van der Waals surface area contributed by atoms with Crippen LogP contribution in [0, 0.1) is 0 Å². The fourth-order valence-corrected chi connectivity index (χ4v) is 2.11. The summed E-state index contributed by atoms with van der Waals surface area (Å²) in [5, 5.41) is 13.9. The number of anilines is 2. The van der Waals surface area contributed by atoms with Crippen molar-refractivity contribution in [2.24, 2.45) is 0 Å². The molecule has 1 aliphatic rings. The van der Waals surface area contributed by atoms with Crippen LogP contribution in [0.1, 0.15) is 19.8 Å². The standard InChI is InChI=1S/C11H16N8O/c1-11(20)2-4-18(5-3-11)9-15-8(12)16-10(17-9)19-7-13-6-14-19/h6-7,20H,2-5H2,1H3,(H2,12,15,16,17). The molecule has 0 aromatic carbocycles. The SMILES string of the molecule is CC1(O)CCN(c2nc(N)nc(-n3cncn3)n2)CC1. The van der Waals surface area contributed by atoms with Crippen LogP contribution in [0.25, 0.3) is 5.95 Å². The van der Waals surface area contributed by atoms with Gasteiger partial charge in [-0.25, -0.2) is 4.98 Å². The number of hydrogen-bond donors (Lipinski definition) is 2. The van der Waals surface area contributed by atoms with Crippen LogP contribution >= 0.6 is 0 Å². The number of aromatic nitrogens is 6. The van der Waals surface area contributed by atoms with E-state index in [0.717, 1.165) is 0 Å². The molecule has 0 bridgehead atoms. The molecule has 9 heteroatoms. The predicted octanol–water partition coefficient (Wildman–Crippen LogP) is -0.614. The van der Waals surface area contributed by atoms with Gasteiger partial charge in [0.15, 0.2) is 0 Å². The van der Waals surface area contributed by atoms with Crippen LogP contribution < -0.4 is 10.6 Å². The zero-order chi connectivity index (χ0) is 14.2. The fraction of sp³-hybridized carbons (Fsp3) is 0.545. The number of hydrogen-bond acceptors (Lipinski definition) is 8. The highest BCUT2D eigenvalue weighted by Gasteiger charge is 2.28. The van der Waals surface area contributed by atoms with E-state index in [1.165, 1.54) is 17.3 Å². The zero-order valence-corrected chi connectivity index (χ0v) is 11.1. The van der Waals surface area contributed by atoms with Crippen molar-refractivity contribution in [2.45, 2.75) is 25.4 Å². The molecule has 3 rings (SSSR count). The maximum absolute atomic E-state index is 9.97. The summed E-state index contributed by atoms with van der Waals surface area (Å²) in [7, 11) is 0. The number of nitrogens with two attached hydrogens (primary N) is 1. The zero-order valence-electron chi connectivity index (χ0n) is 11.1. The Labute approximate surface area is 115 Å². The Morgan fingerprint density at radius 3 is 2.55 bits per heavy atom. The molecule has 2 aromatic heterocycles. The highest BCUT2D eigenvalue weighted by Crippen LogP contribution is 2.24. The van der Waals surface area contributed by atoms with Crippen LogP contribution in [0.5, 0.6) is 0 Å². The molecular formula is C11H16N8O. The molecule has 0 amide bonds. The second kappa shape index (κ2) is 4.67. The summed E-state index contributed by atoms with van der Waals surface area (Å²) in [6, 6.07) is 0. The highest BCUT2D eigenvalue weighted by molar-refractivity contribution is 5.38. The lowest BCUT2D eigenvalue weighted by Crippen LogP contribution is -2.43. The lowest BCUT2D eigenvalue weighted by Gasteiger charge is -2.35. The van der Waals surface area contributed by atoms with Gasteiger partial charge in [-0.15, -0.1) is 0 Å². The summed E-state index contributed by atoms with van der Waals surface area (Å²) >= 11 is 0. The van der Waals surface area contributed by atoms with Gasteiger partial charge in [-0.2, -0.15) is 24.7 Å². The minimum atomic E-state index is -0.621. The molecule has 3 heterocycles. The minimum absolute atomic E-state index is 0.137. The maximum atomic E-state index is 9.97. The summed E-state index contributed by atoms with van der Waals surface area (Å²) in [4.78, 5) is 18.4. The summed E-state index contributed by atoms with van der Waals surface area (Å²) in [5.41, 5.74) is 5.10. The van der Waals surface area contributed by atoms with Crippen molar-refractivity contribution < 1.29 is 5.11 Å². The first-order valence-electron chi connectivity index (χ1n) is 6.37. The fourth-order valence-electron chi connectivity index (χ4n) is 2.11. The largest absolute Gasteiger partial charge is 0.390 e. The molecule has 20 heavy (non-hydrogen) atoms. The van der Waals surface area contributed by atoms with Gasteiger partial charge in [-0.3, -0.25) is 0 Å². The van der Waals surface area contributed by atoms with Crippen molar-refractivity contribution >= 4 is 11.9 Å². The topological polar surface area (TPSA) is 119 Å². The third-order valence-corrected chi connectivity index (χ3v) is 3.38. The number of nitrogens with zero attached hydrogens (tertiary/aromatic N) is 7. The molecule has 0 atom stereocenters. The van der Waals surface area contributed by atoms with Crippen LogP contribution in [0.15, 0.2) is 12.7 Å². The van der Waals surface area contributed by atoms with E-state index in [2.05, 4.69) is 25.0 Å². The normalized spacial score (nSPS) is 18.2. The average molecular weight is 276 g/mol. The lowest BCUT2D eigenvalue weighted by molar-refractivity contribution is 0.0349. The van der Waals surface area contributed by atoms with Crippen molar-refractivity contribution in [3.8, 4) is 5.95 Å². The van der Waals surface area contributed by atoms with Crippen LogP contribution in [0.3, 0.4) is 0 Å². The minimum Gasteiger partial charge on any atom is -0.390 e. The number of aliphatic hydroxyl groups is 1. The van der Waals surface area contributed by atoms with Crippen LogP contribution in [-0.2, 0) is 0 Å². The third kappa shape index (κ3) is 2.52. The summed E-state index contributed by atoms with van der Waals surface area (Å²) in [5.74, 6) is 0.971. The van der Waals surface area contributed by atoms with Crippen LogP contribution in [0.4, 0.5) is 11.9 Å². The lowest BCUT2D eigenvalue weighted by atomic mass is 9.94.